The summed E-state index contributed by atoms with van der Waals surface area (Å²) in [5, 5.41) is 6.20. The summed E-state index contributed by atoms with van der Waals surface area (Å²) in [6, 6.07) is 5.29. The standard InChI is InChI=1S/C13H17ClN2O2/c1-18-12-7-6-10(8-11(12)14)16-13(17)15-9-4-2-3-5-9/h6-9H,2-5H2,1H3,(H2,15,16,17). The van der Waals surface area contributed by atoms with E-state index in [0.717, 1.165) is 12.8 Å². The molecule has 1 aliphatic rings. The van der Waals surface area contributed by atoms with E-state index in [1.807, 2.05) is 0 Å². The number of methoxy groups -OCH3 is 1. The van der Waals surface area contributed by atoms with Gasteiger partial charge in [-0.3, -0.25) is 0 Å². The Labute approximate surface area is 112 Å². The van der Waals surface area contributed by atoms with E-state index >= 15 is 0 Å². The van der Waals surface area contributed by atoms with Crippen LogP contribution in [0.15, 0.2) is 18.2 Å². The van der Waals surface area contributed by atoms with Crippen molar-refractivity contribution in [3.8, 4) is 5.75 Å². The van der Waals surface area contributed by atoms with Gasteiger partial charge >= 0.3 is 6.03 Å². The fraction of sp³-hybridized carbons (Fsp3) is 0.462. The zero-order chi connectivity index (χ0) is 13.0. The van der Waals surface area contributed by atoms with E-state index in [2.05, 4.69) is 10.6 Å². The third-order valence-corrected chi connectivity index (χ3v) is 3.40. The Bertz CT molecular complexity index is 431. The Morgan fingerprint density at radius 2 is 2.11 bits per heavy atom. The van der Waals surface area contributed by atoms with Crippen molar-refractivity contribution < 1.29 is 9.53 Å². The number of amides is 2. The molecule has 1 fully saturated rings. The first-order valence-electron chi connectivity index (χ1n) is 6.10. The van der Waals surface area contributed by atoms with E-state index in [-0.39, 0.29) is 6.03 Å². The van der Waals surface area contributed by atoms with Gasteiger partial charge in [0.25, 0.3) is 0 Å². The molecule has 2 amide bonds. The predicted molar refractivity (Wildman–Crippen MR) is 72.4 cm³/mol. The second kappa shape index (κ2) is 5.96. The van der Waals surface area contributed by atoms with E-state index in [4.69, 9.17) is 16.3 Å². The summed E-state index contributed by atoms with van der Waals surface area (Å²) in [6.07, 6.45) is 4.52. The number of ether oxygens (including phenoxy) is 1. The van der Waals surface area contributed by atoms with Crippen molar-refractivity contribution in [2.45, 2.75) is 31.7 Å². The molecule has 0 spiro atoms. The average molecular weight is 269 g/mol. The van der Waals surface area contributed by atoms with Gasteiger partial charge in [0.05, 0.1) is 12.1 Å². The van der Waals surface area contributed by atoms with Crippen molar-refractivity contribution >= 4 is 23.3 Å². The Morgan fingerprint density at radius 3 is 2.72 bits per heavy atom. The molecule has 0 radical (unpaired) electrons. The van der Waals surface area contributed by atoms with E-state index in [1.54, 1.807) is 25.3 Å². The average Bonchev–Trinajstić information content (AvgIpc) is 2.82. The van der Waals surface area contributed by atoms with Gasteiger partial charge in [-0.05, 0) is 31.0 Å². The number of halogens is 1. The van der Waals surface area contributed by atoms with Crippen LogP contribution in [-0.2, 0) is 0 Å². The number of rotatable bonds is 3. The van der Waals surface area contributed by atoms with E-state index < -0.39 is 0 Å². The zero-order valence-electron chi connectivity index (χ0n) is 10.3. The lowest BCUT2D eigenvalue weighted by Crippen LogP contribution is -2.36. The molecule has 2 N–H and O–H groups in total. The highest BCUT2D eigenvalue weighted by molar-refractivity contribution is 6.32. The lowest BCUT2D eigenvalue weighted by molar-refractivity contribution is 0.248. The van der Waals surface area contributed by atoms with Gasteiger partial charge in [0.15, 0.2) is 0 Å². The molecule has 0 aromatic heterocycles. The van der Waals surface area contributed by atoms with Gasteiger partial charge in [-0.2, -0.15) is 0 Å². The van der Waals surface area contributed by atoms with Crippen LogP contribution in [0.4, 0.5) is 10.5 Å². The fourth-order valence-corrected chi connectivity index (χ4v) is 2.42. The normalized spacial score (nSPS) is 15.4. The summed E-state index contributed by atoms with van der Waals surface area (Å²) in [6.45, 7) is 0. The van der Waals surface area contributed by atoms with Crippen LogP contribution in [0.5, 0.6) is 5.75 Å². The van der Waals surface area contributed by atoms with Crippen LogP contribution >= 0.6 is 11.6 Å². The Balaban J connectivity index is 1.92. The molecule has 4 nitrogen and oxygen atoms in total. The van der Waals surface area contributed by atoms with Crippen LogP contribution in [0.1, 0.15) is 25.7 Å². The molecule has 0 unspecified atom stereocenters. The second-order valence-electron chi connectivity index (χ2n) is 4.43. The van der Waals surface area contributed by atoms with Gasteiger partial charge in [0.1, 0.15) is 5.75 Å². The van der Waals surface area contributed by atoms with Gasteiger partial charge in [-0.1, -0.05) is 24.4 Å². The van der Waals surface area contributed by atoms with Gasteiger partial charge in [0, 0.05) is 11.7 Å². The van der Waals surface area contributed by atoms with Crippen LogP contribution in [0.2, 0.25) is 5.02 Å². The summed E-state index contributed by atoms with van der Waals surface area (Å²) < 4.78 is 5.05. The summed E-state index contributed by atoms with van der Waals surface area (Å²) >= 11 is 5.99. The number of nitrogens with one attached hydrogen (secondary N) is 2. The van der Waals surface area contributed by atoms with Crippen molar-refractivity contribution in [1.82, 2.24) is 5.32 Å². The highest BCUT2D eigenvalue weighted by Gasteiger charge is 2.17. The van der Waals surface area contributed by atoms with Crippen molar-refractivity contribution in [1.29, 1.82) is 0 Å². The molecular weight excluding hydrogens is 252 g/mol. The van der Waals surface area contributed by atoms with Crippen LogP contribution in [0.25, 0.3) is 0 Å². The van der Waals surface area contributed by atoms with Crippen molar-refractivity contribution in [2.24, 2.45) is 0 Å². The van der Waals surface area contributed by atoms with Crippen molar-refractivity contribution in [3.63, 3.8) is 0 Å². The Kier molecular flexibility index (Phi) is 4.31. The third kappa shape index (κ3) is 3.29. The van der Waals surface area contributed by atoms with Gasteiger partial charge in [-0.15, -0.1) is 0 Å². The molecular formula is C13H17ClN2O2. The number of urea groups is 1. The maximum Gasteiger partial charge on any atom is 0.319 e. The maximum absolute atomic E-state index is 11.7. The highest BCUT2D eigenvalue weighted by Crippen LogP contribution is 2.27. The lowest BCUT2D eigenvalue weighted by Gasteiger charge is -2.13. The molecule has 1 aliphatic carbocycles. The number of hydrogen-bond donors (Lipinski definition) is 2. The summed E-state index contributed by atoms with van der Waals surface area (Å²) in [7, 11) is 1.56. The number of carbonyl (C=O) groups is 1. The van der Waals surface area contributed by atoms with Gasteiger partial charge in [0.2, 0.25) is 0 Å². The molecule has 18 heavy (non-hydrogen) atoms. The fourth-order valence-electron chi connectivity index (χ4n) is 2.17. The monoisotopic (exact) mass is 268 g/mol. The number of carbonyl (C=O) groups excluding carboxylic acids is 1. The SMILES string of the molecule is COc1ccc(NC(=O)NC2CCCC2)cc1Cl. The predicted octanol–water partition coefficient (Wildman–Crippen LogP) is 3.41. The topological polar surface area (TPSA) is 50.4 Å². The number of anilines is 1. The molecule has 1 saturated carbocycles. The van der Waals surface area contributed by atoms with E-state index in [0.29, 0.717) is 22.5 Å². The van der Waals surface area contributed by atoms with Gasteiger partial charge < -0.3 is 15.4 Å². The van der Waals surface area contributed by atoms with Crippen LogP contribution in [0.3, 0.4) is 0 Å². The smallest absolute Gasteiger partial charge is 0.319 e. The quantitative estimate of drug-likeness (QED) is 0.883. The lowest BCUT2D eigenvalue weighted by atomic mass is 10.2. The van der Waals surface area contributed by atoms with Crippen molar-refractivity contribution in [2.75, 3.05) is 12.4 Å². The first-order valence-corrected chi connectivity index (χ1v) is 6.48. The summed E-state index contributed by atoms with van der Waals surface area (Å²) in [4.78, 5) is 11.7. The largest absolute Gasteiger partial charge is 0.495 e. The minimum Gasteiger partial charge on any atom is -0.495 e. The van der Waals surface area contributed by atoms with Crippen LogP contribution in [-0.4, -0.2) is 19.2 Å². The molecule has 98 valence electrons. The van der Waals surface area contributed by atoms with E-state index in [1.165, 1.54) is 12.8 Å². The second-order valence-corrected chi connectivity index (χ2v) is 4.84. The molecule has 0 bridgehead atoms. The molecule has 0 aliphatic heterocycles. The van der Waals surface area contributed by atoms with Crippen LogP contribution < -0.4 is 15.4 Å². The molecule has 2 rings (SSSR count). The first-order chi connectivity index (χ1) is 8.69. The minimum atomic E-state index is -0.178. The molecule has 0 atom stereocenters. The number of hydrogen-bond acceptors (Lipinski definition) is 2. The first kappa shape index (κ1) is 13.0. The van der Waals surface area contributed by atoms with Crippen molar-refractivity contribution in [3.05, 3.63) is 23.2 Å². The minimum absolute atomic E-state index is 0.178. The summed E-state index contributed by atoms with van der Waals surface area (Å²) in [5.41, 5.74) is 0.663. The molecule has 0 heterocycles. The Hall–Kier alpha value is -1.42. The van der Waals surface area contributed by atoms with E-state index in [9.17, 15) is 4.79 Å². The van der Waals surface area contributed by atoms with Crippen LogP contribution in [0, 0.1) is 0 Å². The summed E-state index contributed by atoms with van der Waals surface area (Å²) in [5.74, 6) is 0.596. The number of benzene rings is 1. The maximum atomic E-state index is 11.7. The third-order valence-electron chi connectivity index (χ3n) is 3.10. The zero-order valence-corrected chi connectivity index (χ0v) is 11.1. The Morgan fingerprint density at radius 1 is 1.39 bits per heavy atom. The highest BCUT2D eigenvalue weighted by atomic mass is 35.5. The molecule has 0 saturated heterocycles. The molecule has 5 heteroatoms. The van der Waals surface area contributed by atoms with Gasteiger partial charge in [-0.25, -0.2) is 4.79 Å². The molecule has 1 aromatic rings. The molecule has 1 aromatic carbocycles.